The van der Waals surface area contributed by atoms with Crippen LogP contribution in [0, 0.1) is 32.6 Å². The second kappa shape index (κ2) is 5.50. The number of rotatable bonds is 2. The molecule has 3 unspecified atom stereocenters. The highest BCUT2D eigenvalue weighted by Crippen LogP contribution is 2.38. The molecule has 2 rings (SSSR count). The number of allylic oxidation sites excluding steroid dienone is 2. The van der Waals surface area contributed by atoms with Crippen molar-refractivity contribution in [2.45, 2.75) is 53.6 Å². The van der Waals surface area contributed by atoms with Gasteiger partial charge >= 0.3 is 0 Å². The largest absolute Gasteiger partial charge is 0.388 e. The van der Waals surface area contributed by atoms with Gasteiger partial charge < -0.3 is 5.11 Å². The molecule has 1 nitrogen and oxygen atoms in total. The van der Waals surface area contributed by atoms with Crippen molar-refractivity contribution in [2.24, 2.45) is 11.8 Å². The molecule has 1 aliphatic rings. The molecule has 1 aromatic rings. The molecular weight excluding hydrogens is 232 g/mol. The molecule has 104 valence electrons. The van der Waals surface area contributed by atoms with Crippen LogP contribution in [0.2, 0.25) is 0 Å². The first-order valence-electron chi connectivity index (χ1n) is 7.31. The zero-order valence-electron chi connectivity index (χ0n) is 12.8. The van der Waals surface area contributed by atoms with E-state index in [1.165, 1.54) is 22.3 Å². The Kier molecular flexibility index (Phi) is 4.15. The number of aliphatic hydroxyl groups excluding tert-OH is 1. The van der Waals surface area contributed by atoms with Crippen LogP contribution < -0.4 is 0 Å². The fourth-order valence-corrected chi connectivity index (χ4v) is 3.39. The lowest BCUT2D eigenvalue weighted by atomic mass is 9.78. The first-order chi connectivity index (χ1) is 8.88. The molecule has 0 spiro atoms. The number of aliphatic hydroxyl groups is 1. The summed E-state index contributed by atoms with van der Waals surface area (Å²) >= 11 is 0. The van der Waals surface area contributed by atoms with Crippen molar-refractivity contribution in [2.75, 3.05) is 0 Å². The molecule has 1 heteroatoms. The van der Waals surface area contributed by atoms with Crippen LogP contribution in [0.15, 0.2) is 23.8 Å². The van der Waals surface area contributed by atoms with Gasteiger partial charge in [-0.2, -0.15) is 0 Å². The number of hydrogen-bond donors (Lipinski definition) is 1. The molecule has 1 N–H and O–H groups in total. The lowest BCUT2D eigenvalue weighted by Gasteiger charge is -2.30. The van der Waals surface area contributed by atoms with Crippen molar-refractivity contribution in [3.8, 4) is 0 Å². The van der Waals surface area contributed by atoms with Gasteiger partial charge in [-0.05, 0) is 74.6 Å². The predicted octanol–water partition coefficient (Wildman–Crippen LogP) is 4.64. The Bertz CT molecular complexity index is 499. The molecule has 1 aliphatic carbocycles. The average Bonchev–Trinajstić information content (AvgIpc) is 2.31. The van der Waals surface area contributed by atoms with Gasteiger partial charge in [0, 0.05) is 0 Å². The van der Waals surface area contributed by atoms with Gasteiger partial charge in [-0.15, -0.1) is 0 Å². The van der Waals surface area contributed by atoms with Crippen LogP contribution in [0.5, 0.6) is 0 Å². The van der Waals surface area contributed by atoms with Crippen LogP contribution >= 0.6 is 0 Å². The highest BCUT2D eigenvalue weighted by Gasteiger charge is 2.27. The molecule has 0 heterocycles. The maximum atomic E-state index is 10.7. The van der Waals surface area contributed by atoms with Crippen LogP contribution in [0.4, 0.5) is 0 Å². The van der Waals surface area contributed by atoms with Gasteiger partial charge in [-0.25, -0.2) is 0 Å². The Hall–Kier alpha value is -1.08. The second-order valence-corrected chi connectivity index (χ2v) is 6.43. The van der Waals surface area contributed by atoms with Gasteiger partial charge in [0.2, 0.25) is 0 Å². The predicted molar refractivity (Wildman–Crippen MR) is 81.3 cm³/mol. The van der Waals surface area contributed by atoms with E-state index in [2.05, 4.69) is 52.8 Å². The Labute approximate surface area is 117 Å². The minimum Gasteiger partial charge on any atom is -0.388 e. The molecule has 0 fully saturated rings. The topological polar surface area (TPSA) is 20.2 Å². The maximum absolute atomic E-state index is 10.7. The van der Waals surface area contributed by atoms with E-state index in [1.54, 1.807) is 0 Å². The molecular formula is C18H26O. The summed E-state index contributed by atoms with van der Waals surface area (Å²) in [6.45, 7) is 10.8. The summed E-state index contributed by atoms with van der Waals surface area (Å²) in [7, 11) is 0. The van der Waals surface area contributed by atoms with Gasteiger partial charge in [-0.1, -0.05) is 30.7 Å². The lowest BCUT2D eigenvalue weighted by molar-refractivity contribution is 0.0926. The van der Waals surface area contributed by atoms with Gasteiger partial charge in [0.25, 0.3) is 0 Å². The van der Waals surface area contributed by atoms with Crippen molar-refractivity contribution in [3.63, 3.8) is 0 Å². The molecule has 19 heavy (non-hydrogen) atoms. The third-order valence-electron chi connectivity index (χ3n) is 4.48. The fraction of sp³-hybridized carbons (Fsp3) is 0.556. The molecule has 0 aromatic heterocycles. The quantitative estimate of drug-likeness (QED) is 0.766. The smallest absolute Gasteiger partial charge is 0.0824 e. The van der Waals surface area contributed by atoms with Crippen LogP contribution in [0.3, 0.4) is 0 Å². The number of hydrogen-bond acceptors (Lipinski definition) is 1. The van der Waals surface area contributed by atoms with Crippen molar-refractivity contribution < 1.29 is 5.11 Å². The standard InChI is InChI=1S/C18H26O/c1-11-6-12(2)8-16(7-11)18(19)17-10-14(4)13(3)9-15(17)5/h6,9-11,16,18-19H,7-8H2,1-5H3. The molecule has 0 bridgehead atoms. The highest BCUT2D eigenvalue weighted by atomic mass is 16.3. The highest BCUT2D eigenvalue weighted by molar-refractivity contribution is 5.38. The lowest BCUT2D eigenvalue weighted by Crippen LogP contribution is -2.20. The summed E-state index contributed by atoms with van der Waals surface area (Å²) in [4.78, 5) is 0. The summed E-state index contributed by atoms with van der Waals surface area (Å²) in [5.74, 6) is 0.945. The van der Waals surface area contributed by atoms with Gasteiger partial charge in [-0.3, -0.25) is 0 Å². The van der Waals surface area contributed by atoms with Crippen molar-refractivity contribution >= 4 is 0 Å². The summed E-state index contributed by atoms with van der Waals surface area (Å²) in [6.07, 6.45) is 4.13. The minimum absolute atomic E-state index is 0.328. The summed E-state index contributed by atoms with van der Waals surface area (Å²) in [5, 5.41) is 10.7. The normalized spacial score (nSPS) is 25.1. The summed E-state index contributed by atoms with van der Waals surface area (Å²) < 4.78 is 0. The molecule has 0 saturated heterocycles. The van der Waals surface area contributed by atoms with Gasteiger partial charge in [0.05, 0.1) is 6.10 Å². The van der Waals surface area contributed by atoms with Crippen LogP contribution in [0.25, 0.3) is 0 Å². The third-order valence-corrected chi connectivity index (χ3v) is 4.48. The van der Waals surface area contributed by atoms with Gasteiger partial charge in [0.15, 0.2) is 0 Å². The van der Waals surface area contributed by atoms with E-state index in [0.29, 0.717) is 11.8 Å². The number of aryl methyl sites for hydroxylation is 3. The van der Waals surface area contributed by atoms with E-state index < -0.39 is 0 Å². The Morgan fingerprint density at radius 1 is 1.05 bits per heavy atom. The molecule has 0 amide bonds. The van der Waals surface area contributed by atoms with Crippen molar-refractivity contribution in [3.05, 3.63) is 46.0 Å². The Balaban J connectivity index is 2.27. The molecule has 0 aliphatic heterocycles. The van der Waals surface area contributed by atoms with E-state index in [1.807, 2.05) is 0 Å². The zero-order chi connectivity index (χ0) is 14.2. The third kappa shape index (κ3) is 3.09. The first-order valence-corrected chi connectivity index (χ1v) is 7.31. The van der Waals surface area contributed by atoms with E-state index in [0.717, 1.165) is 18.4 Å². The summed E-state index contributed by atoms with van der Waals surface area (Å²) in [5.41, 5.74) is 6.34. The van der Waals surface area contributed by atoms with E-state index in [4.69, 9.17) is 0 Å². The Morgan fingerprint density at radius 3 is 2.32 bits per heavy atom. The van der Waals surface area contributed by atoms with Gasteiger partial charge in [0.1, 0.15) is 0 Å². The SMILES string of the molecule is CC1=CC(C)CC(C(O)c2cc(C)c(C)cc2C)C1. The van der Waals surface area contributed by atoms with E-state index in [9.17, 15) is 5.11 Å². The molecule has 0 saturated carbocycles. The fourth-order valence-electron chi connectivity index (χ4n) is 3.39. The Morgan fingerprint density at radius 2 is 1.68 bits per heavy atom. The zero-order valence-corrected chi connectivity index (χ0v) is 12.8. The van der Waals surface area contributed by atoms with Crippen LogP contribution in [0.1, 0.15) is 55.0 Å². The first kappa shape index (κ1) is 14.3. The van der Waals surface area contributed by atoms with Crippen LogP contribution in [-0.4, -0.2) is 5.11 Å². The maximum Gasteiger partial charge on any atom is 0.0824 e. The van der Waals surface area contributed by atoms with Crippen LogP contribution in [-0.2, 0) is 0 Å². The minimum atomic E-state index is -0.328. The average molecular weight is 258 g/mol. The monoisotopic (exact) mass is 258 g/mol. The molecule has 0 radical (unpaired) electrons. The summed E-state index contributed by atoms with van der Waals surface area (Å²) in [6, 6.07) is 4.37. The van der Waals surface area contributed by atoms with E-state index in [-0.39, 0.29) is 6.10 Å². The van der Waals surface area contributed by atoms with E-state index >= 15 is 0 Å². The number of benzene rings is 1. The van der Waals surface area contributed by atoms with Crippen molar-refractivity contribution in [1.82, 2.24) is 0 Å². The molecule has 3 atom stereocenters. The molecule has 1 aromatic carbocycles. The second-order valence-electron chi connectivity index (χ2n) is 6.43. The van der Waals surface area contributed by atoms with Crippen molar-refractivity contribution in [1.29, 1.82) is 0 Å².